The highest BCUT2D eigenvalue weighted by Gasteiger charge is 2.09. The van der Waals surface area contributed by atoms with E-state index in [1.54, 1.807) is 0 Å². The number of nitrogens with one attached hydrogen (secondary N) is 2. The van der Waals surface area contributed by atoms with E-state index in [9.17, 15) is 4.79 Å². The number of carboxylic acids is 1. The van der Waals surface area contributed by atoms with Crippen molar-refractivity contribution in [1.29, 1.82) is 5.41 Å². The number of hydrogen-bond acceptors (Lipinski definition) is 3. The molecule has 0 bridgehead atoms. The lowest BCUT2D eigenvalue weighted by atomic mass is 10.2. The summed E-state index contributed by atoms with van der Waals surface area (Å²) >= 11 is 0. The van der Waals surface area contributed by atoms with Gasteiger partial charge in [0.1, 0.15) is 6.04 Å². The zero-order chi connectivity index (χ0) is 9.56. The molecule has 0 spiro atoms. The second-order valence-corrected chi connectivity index (χ2v) is 2.43. The number of guanidine groups is 1. The maximum absolute atomic E-state index is 10.2. The van der Waals surface area contributed by atoms with Crippen LogP contribution >= 0.6 is 0 Å². The third-order valence-corrected chi connectivity index (χ3v) is 1.32. The Labute approximate surface area is 78.8 Å². The molecular formula is C6H17BN4O2. The summed E-state index contributed by atoms with van der Waals surface area (Å²) in [5.41, 5.74) is 10.2. The van der Waals surface area contributed by atoms with Crippen LogP contribution in [0.15, 0.2) is 0 Å². The Morgan fingerprint density at radius 2 is 2.15 bits per heavy atom. The van der Waals surface area contributed by atoms with Crippen molar-refractivity contribution in [2.24, 2.45) is 11.5 Å². The normalized spacial score (nSPS) is 11.2. The largest absolute Gasteiger partial charge is 0.480 e. The maximum Gasteiger partial charge on any atom is 0.320 e. The molecule has 0 saturated carbocycles. The summed E-state index contributed by atoms with van der Waals surface area (Å²) in [6, 6.07) is -0.821. The van der Waals surface area contributed by atoms with Crippen molar-refractivity contribution in [3.05, 3.63) is 0 Å². The highest BCUT2D eigenvalue weighted by Crippen LogP contribution is 1.92. The van der Waals surface area contributed by atoms with E-state index in [2.05, 4.69) is 5.32 Å². The van der Waals surface area contributed by atoms with Gasteiger partial charge in [0.05, 0.1) is 8.41 Å². The fourth-order valence-corrected chi connectivity index (χ4v) is 0.669. The average Bonchev–Trinajstić information content (AvgIpc) is 1.97. The Kier molecular flexibility index (Phi) is 8.16. The third-order valence-electron chi connectivity index (χ3n) is 1.32. The van der Waals surface area contributed by atoms with Gasteiger partial charge in [-0.25, -0.2) is 0 Å². The van der Waals surface area contributed by atoms with E-state index in [1.807, 2.05) is 0 Å². The first-order valence-corrected chi connectivity index (χ1v) is 3.60. The van der Waals surface area contributed by atoms with Crippen LogP contribution < -0.4 is 16.8 Å². The first kappa shape index (κ1) is 14.3. The molecule has 0 aromatic rings. The molecule has 1 atom stereocenters. The molecule has 0 radical (unpaired) electrons. The molecule has 0 fully saturated rings. The molecule has 0 rings (SSSR count). The lowest BCUT2D eigenvalue weighted by Gasteiger charge is -2.06. The Balaban J connectivity index is 0. The second-order valence-electron chi connectivity index (χ2n) is 2.43. The summed E-state index contributed by atoms with van der Waals surface area (Å²) in [5.74, 6) is -1.11. The van der Waals surface area contributed by atoms with Crippen molar-refractivity contribution in [2.45, 2.75) is 18.9 Å². The minimum atomic E-state index is -1.00. The van der Waals surface area contributed by atoms with Crippen LogP contribution in [0.5, 0.6) is 0 Å². The summed E-state index contributed by atoms with van der Waals surface area (Å²) in [6.45, 7) is 0.482. The molecule has 7 N–H and O–H groups in total. The average molecular weight is 188 g/mol. The van der Waals surface area contributed by atoms with Gasteiger partial charge in [0.15, 0.2) is 5.96 Å². The Bertz CT molecular complexity index is 176. The van der Waals surface area contributed by atoms with E-state index < -0.39 is 12.0 Å². The molecule has 0 aliphatic rings. The third kappa shape index (κ3) is 8.67. The molecule has 0 heterocycles. The van der Waals surface area contributed by atoms with Crippen LogP contribution in [0, 0.1) is 5.41 Å². The van der Waals surface area contributed by atoms with Crippen LogP contribution in [0.3, 0.4) is 0 Å². The minimum absolute atomic E-state index is 0. The molecule has 0 saturated heterocycles. The van der Waals surface area contributed by atoms with Gasteiger partial charge in [0.2, 0.25) is 0 Å². The van der Waals surface area contributed by atoms with Crippen LogP contribution in [-0.2, 0) is 4.79 Å². The van der Waals surface area contributed by atoms with Gasteiger partial charge >= 0.3 is 5.97 Å². The summed E-state index contributed by atoms with van der Waals surface area (Å²) < 4.78 is 0. The van der Waals surface area contributed by atoms with Crippen molar-refractivity contribution in [2.75, 3.05) is 6.54 Å². The predicted molar refractivity (Wildman–Crippen MR) is 54.7 cm³/mol. The van der Waals surface area contributed by atoms with Crippen molar-refractivity contribution in [3.8, 4) is 0 Å². The minimum Gasteiger partial charge on any atom is -0.480 e. The fourth-order valence-electron chi connectivity index (χ4n) is 0.669. The van der Waals surface area contributed by atoms with E-state index in [-0.39, 0.29) is 14.4 Å². The first-order chi connectivity index (χ1) is 5.54. The van der Waals surface area contributed by atoms with Gasteiger partial charge in [-0.05, 0) is 12.8 Å². The molecular weight excluding hydrogens is 171 g/mol. The lowest BCUT2D eigenvalue weighted by molar-refractivity contribution is -0.138. The number of rotatable bonds is 5. The molecule has 0 aromatic carbocycles. The van der Waals surface area contributed by atoms with Gasteiger partial charge in [0.25, 0.3) is 0 Å². The number of carbonyl (C=O) groups is 1. The van der Waals surface area contributed by atoms with Crippen molar-refractivity contribution in [3.63, 3.8) is 0 Å². The standard InChI is InChI=1S/C6H14N4O2.BH3/c7-4(5(11)12)2-1-3-10-6(8)9;/h4H,1-3,7H2,(H,11,12)(H4,8,9,10);1H3. The van der Waals surface area contributed by atoms with Crippen molar-refractivity contribution < 1.29 is 9.90 Å². The number of aliphatic carboxylic acids is 1. The van der Waals surface area contributed by atoms with Gasteiger partial charge in [-0.15, -0.1) is 0 Å². The highest BCUT2D eigenvalue weighted by atomic mass is 16.4. The molecule has 7 heteroatoms. The Morgan fingerprint density at radius 3 is 2.54 bits per heavy atom. The summed E-state index contributed by atoms with van der Waals surface area (Å²) in [5, 5.41) is 17.7. The van der Waals surface area contributed by atoms with E-state index in [1.165, 1.54) is 0 Å². The summed E-state index contributed by atoms with van der Waals surface area (Å²) in [4.78, 5) is 10.2. The van der Waals surface area contributed by atoms with Gasteiger partial charge in [-0.2, -0.15) is 0 Å². The molecule has 76 valence electrons. The van der Waals surface area contributed by atoms with E-state index in [0.29, 0.717) is 19.4 Å². The Morgan fingerprint density at radius 1 is 1.62 bits per heavy atom. The SMILES string of the molecule is B.N=C(N)NCCCC(N)C(=O)O. The topological polar surface area (TPSA) is 125 Å². The molecule has 0 aromatic heterocycles. The lowest BCUT2D eigenvalue weighted by Crippen LogP contribution is -2.34. The molecule has 0 amide bonds. The number of carboxylic acid groups (broad SMARTS) is 1. The quantitative estimate of drug-likeness (QED) is 0.141. The predicted octanol–water partition coefficient (Wildman–Crippen LogP) is -2.52. The number of hydrogen-bond donors (Lipinski definition) is 5. The maximum atomic E-state index is 10.2. The molecule has 1 unspecified atom stereocenters. The van der Waals surface area contributed by atoms with Gasteiger partial charge < -0.3 is 21.9 Å². The van der Waals surface area contributed by atoms with Gasteiger partial charge in [0, 0.05) is 6.54 Å². The van der Waals surface area contributed by atoms with Gasteiger partial charge in [-0.3, -0.25) is 10.2 Å². The highest BCUT2D eigenvalue weighted by molar-refractivity contribution is 5.75. The van der Waals surface area contributed by atoms with Crippen LogP contribution in [-0.4, -0.2) is 38.0 Å². The van der Waals surface area contributed by atoms with Crippen LogP contribution in [0.25, 0.3) is 0 Å². The zero-order valence-electron chi connectivity index (χ0n) is 6.71. The second kappa shape index (κ2) is 7.42. The zero-order valence-corrected chi connectivity index (χ0v) is 6.71. The van der Waals surface area contributed by atoms with Gasteiger partial charge in [-0.1, -0.05) is 0 Å². The van der Waals surface area contributed by atoms with Crippen LogP contribution in [0.2, 0.25) is 0 Å². The number of nitrogens with two attached hydrogens (primary N) is 2. The van der Waals surface area contributed by atoms with Crippen LogP contribution in [0.4, 0.5) is 0 Å². The monoisotopic (exact) mass is 188 g/mol. The molecule has 0 aliphatic carbocycles. The summed E-state index contributed by atoms with van der Waals surface area (Å²) in [7, 11) is 0. The van der Waals surface area contributed by atoms with E-state index in [0.717, 1.165) is 0 Å². The summed E-state index contributed by atoms with van der Waals surface area (Å²) in [6.07, 6.45) is 0.975. The fraction of sp³-hybridized carbons (Fsp3) is 0.667. The van der Waals surface area contributed by atoms with Crippen LogP contribution in [0.1, 0.15) is 12.8 Å². The molecule has 0 aliphatic heterocycles. The Hall–Kier alpha value is -1.24. The van der Waals surface area contributed by atoms with Crippen molar-refractivity contribution in [1.82, 2.24) is 5.32 Å². The molecule has 13 heavy (non-hydrogen) atoms. The first-order valence-electron chi connectivity index (χ1n) is 3.60. The van der Waals surface area contributed by atoms with E-state index in [4.69, 9.17) is 22.0 Å². The molecule has 6 nitrogen and oxygen atoms in total. The smallest absolute Gasteiger partial charge is 0.320 e. The van der Waals surface area contributed by atoms with Crippen molar-refractivity contribution >= 4 is 20.3 Å². The van der Waals surface area contributed by atoms with E-state index >= 15 is 0 Å².